The van der Waals surface area contributed by atoms with Crippen LogP contribution in [-0.2, 0) is 17.8 Å². The van der Waals surface area contributed by atoms with Crippen LogP contribution in [0.1, 0.15) is 81.6 Å². The Labute approximate surface area is 206 Å². The van der Waals surface area contributed by atoms with E-state index in [0.717, 1.165) is 78.3 Å². The Bertz CT molecular complexity index is 989. The fourth-order valence-corrected chi connectivity index (χ4v) is 7.10. The first-order chi connectivity index (χ1) is 15.9. The van der Waals surface area contributed by atoms with E-state index in [2.05, 4.69) is 36.7 Å². The molecule has 1 unspecified atom stereocenters. The van der Waals surface area contributed by atoms with Crippen LogP contribution in [0.4, 0.5) is 0 Å². The molecule has 182 valence electrons. The minimum atomic E-state index is -0.872. The van der Waals surface area contributed by atoms with Crippen molar-refractivity contribution < 1.29 is 9.59 Å². The van der Waals surface area contributed by atoms with Crippen LogP contribution < -0.4 is 5.32 Å². The van der Waals surface area contributed by atoms with E-state index in [4.69, 9.17) is 0 Å². The van der Waals surface area contributed by atoms with E-state index >= 15 is 0 Å². The number of fused-ring (bicyclic) bond motifs is 3. The number of thioether (sulfide) groups is 1. The van der Waals surface area contributed by atoms with E-state index in [1.807, 2.05) is 29.7 Å². The summed E-state index contributed by atoms with van der Waals surface area (Å²) in [6.07, 6.45) is 7.46. The molecule has 3 heterocycles. The molecule has 33 heavy (non-hydrogen) atoms. The standard InChI is InChI=1S/C26H39N3O2S2/c1-5-13-32-14-7-12-29-24(30)22-16-23-21(15-20(6-2)33-23)28(22)17-26(29,4)25(31)27-19-10-8-18(3)9-11-19/h15-16,18-19H,5-14,17H2,1-4H3,(H,27,31). The van der Waals surface area contributed by atoms with Crippen LogP contribution in [0.25, 0.3) is 10.2 Å². The smallest absolute Gasteiger partial charge is 0.271 e. The summed E-state index contributed by atoms with van der Waals surface area (Å²) in [4.78, 5) is 30.7. The van der Waals surface area contributed by atoms with Gasteiger partial charge in [0.05, 0.1) is 16.8 Å². The number of hydrogen-bond acceptors (Lipinski definition) is 4. The molecule has 0 aromatic carbocycles. The van der Waals surface area contributed by atoms with Gasteiger partial charge in [-0.25, -0.2) is 0 Å². The minimum absolute atomic E-state index is 0.00175. The molecule has 1 fully saturated rings. The van der Waals surface area contributed by atoms with Crippen molar-refractivity contribution in [3.8, 4) is 0 Å². The molecule has 1 N–H and O–H groups in total. The first kappa shape index (κ1) is 24.6. The zero-order valence-electron chi connectivity index (χ0n) is 20.6. The van der Waals surface area contributed by atoms with Gasteiger partial charge < -0.3 is 14.8 Å². The number of nitrogens with one attached hydrogen (secondary N) is 1. The Morgan fingerprint density at radius 2 is 1.97 bits per heavy atom. The highest BCUT2D eigenvalue weighted by Gasteiger charge is 2.48. The van der Waals surface area contributed by atoms with E-state index in [1.54, 1.807) is 11.3 Å². The number of nitrogens with zero attached hydrogens (tertiary/aromatic N) is 2. The second kappa shape index (κ2) is 10.4. The van der Waals surface area contributed by atoms with Crippen molar-refractivity contribution in [3.63, 3.8) is 0 Å². The van der Waals surface area contributed by atoms with Gasteiger partial charge in [-0.05, 0) is 81.4 Å². The zero-order valence-corrected chi connectivity index (χ0v) is 22.2. The summed E-state index contributed by atoms with van der Waals surface area (Å²) in [7, 11) is 0. The Balaban J connectivity index is 1.60. The van der Waals surface area contributed by atoms with Gasteiger partial charge in [0.2, 0.25) is 5.91 Å². The average molecular weight is 490 g/mol. The number of carbonyl (C=O) groups is 2. The highest BCUT2D eigenvalue weighted by Crippen LogP contribution is 2.36. The summed E-state index contributed by atoms with van der Waals surface area (Å²) in [5.74, 6) is 2.91. The maximum Gasteiger partial charge on any atom is 0.271 e. The summed E-state index contributed by atoms with van der Waals surface area (Å²) in [6.45, 7) is 9.77. The van der Waals surface area contributed by atoms with Crippen LogP contribution in [0.2, 0.25) is 0 Å². The Hall–Kier alpha value is -1.47. The van der Waals surface area contributed by atoms with Crippen molar-refractivity contribution >= 4 is 45.1 Å². The van der Waals surface area contributed by atoms with Gasteiger partial charge in [-0.2, -0.15) is 11.8 Å². The van der Waals surface area contributed by atoms with Gasteiger partial charge in [0.1, 0.15) is 11.2 Å². The van der Waals surface area contributed by atoms with Gasteiger partial charge in [-0.3, -0.25) is 9.59 Å². The van der Waals surface area contributed by atoms with Crippen LogP contribution in [0.15, 0.2) is 12.1 Å². The quantitative estimate of drug-likeness (QED) is 0.459. The maximum absolute atomic E-state index is 13.8. The molecule has 0 spiro atoms. The SMILES string of the molecule is CCCSCCCN1C(=O)c2cc3sc(CC)cc3n2CC1(C)C(=O)NC1CCC(C)CC1. The molecule has 5 nitrogen and oxygen atoms in total. The monoisotopic (exact) mass is 489 g/mol. The van der Waals surface area contributed by atoms with Gasteiger partial charge in [0.15, 0.2) is 0 Å². The van der Waals surface area contributed by atoms with E-state index in [-0.39, 0.29) is 17.9 Å². The van der Waals surface area contributed by atoms with E-state index < -0.39 is 5.54 Å². The minimum Gasteiger partial charge on any atom is -0.351 e. The fraction of sp³-hybridized carbons (Fsp3) is 0.692. The largest absolute Gasteiger partial charge is 0.351 e. The van der Waals surface area contributed by atoms with Crippen LogP contribution in [0, 0.1) is 5.92 Å². The van der Waals surface area contributed by atoms with E-state index in [9.17, 15) is 9.59 Å². The number of aryl methyl sites for hydroxylation is 1. The second-order valence-corrected chi connectivity index (χ2v) is 12.5. The van der Waals surface area contributed by atoms with Gasteiger partial charge in [0, 0.05) is 17.5 Å². The van der Waals surface area contributed by atoms with E-state index in [0.29, 0.717) is 13.1 Å². The molecule has 1 aliphatic carbocycles. The van der Waals surface area contributed by atoms with Gasteiger partial charge >= 0.3 is 0 Å². The lowest BCUT2D eigenvalue weighted by molar-refractivity contribution is -0.133. The van der Waals surface area contributed by atoms with Crippen molar-refractivity contribution in [1.82, 2.24) is 14.8 Å². The molecular weight excluding hydrogens is 450 g/mol. The summed E-state index contributed by atoms with van der Waals surface area (Å²) < 4.78 is 3.26. The molecular formula is C26H39N3O2S2. The molecule has 0 bridgehead atoms. The third-order valence-electron chi connectivity index (χ3n) is 7.37. The normalized spacial score (nSPS) is 25.5. The van der Waals surface area contributed by atoms with Gasteiger partial charge in [0.25, 0.3) is 5.91 Å². The molecule has 2 aromatic heterocycles. The first-order valence-corrected chi connectivity index (χ1v) is 14.7. The Morgan fingerprint density at radius 3 is 2.67 bits per heavy atom. The van der Waals surface area contributed by atoms with Crippen LogP contribution >= 0.6 is 23.1 Å². The van der Waals surface area contributed by atoms with Crippen molar-refractivity contribution in [2.45, 2.75) is 90.8 Å². The van der Waals surface area contributed by atoms with E-state index in [1.165, 1.54) is 4.88 Å². The number of thiophene rings is 1. The predicted octanol–water partition coefficient (Wildman–Crippen LogP) is 5.71. The number of amides is 2. The predicted molar refractivity (Wildman–Crippen MR) is 140 cm³/mol. The fourth-order valence-electron chi connectivity index (χ4n) is 5.23. The van der Waals surface area contributed by atoms with Crippen molar-refractivity contribution in [3.05, 3.63) is 22.7 Å². The van der Waals surface area contributed by atoms with Crippen LogP contribution in [0.5, 0.6) is 0 Å². The molecule has 2 amide bonds. The summed E-state index contributed by atoms with van der Waals surface area (Å²) in [6, 6.07) is 4.47. The van der Waals surface area contributed by atoms with Crippen molar-refractivity contribution in [2.75, 3.05) is 18.1 Å². The molecule has 7 heteroatoms. The third-order valence-corrected chi connectivity index (χ3v) is 9.86. The summed E-state index contributed by atoms with van der Waals surface area (Å²) in [5, 5.41) is 3.35. The third kappa shape index (κ3) is 5.00. The highest BCUT2D eigenvalue weighted by atomic mass is 32.2. The molecule has 1 atom stereocenters. The molecule has 0 radical (unpaired) electrons. The lowest BCUT2D eigenvalue weighted by Crippen LogP contribution is -2.65. The maximum atomic E-state index is 13.8. The number of rotatable bonds is 9. The number of carbonyl (C=O) groups excluding carboxylic acids is 2. The summed E-state index contributed by atoms with van der Waals surface area (Å²) >= 11 is 3.70. The molecule has 2 aromatic rings. The number of aromatic nitrogens is 1. The van der Waals surface area contributed by atoms with Crippen molar-refractivity contribution in [1.29, 1.82) is 0 Å². The molecule has 1 aliphatic heterocycles. The molecule has 1 saturated carbocycles. The highest BCUT2D eigenvalue weighted by molar-refractivity contribution is 7.99. The Kier molecular flexibility index (Phi) is 7.79. The van der Waals surface area contributed by atoms with Gasteiger partial charge in [-0.15, -0.1) is 11.3 Å². The van der Waals surface area contributed by atoms with Gasteiger partial charge in [-0.1, -0.05) is 20.8 Å². The summed E-state index contributed by atoms with van der Waals surface area (Å²) in [5.41, 5.74) is 0.962. The molecule has 0 saturated heterocycles. The lowest BCUT2D eigenvalue weighted by atomic mass is 9.86. The average Bonchev–Trinajstić information content (AvgIpc) is 3.35. The number of hydrogen-bond donors (Lipinski definition) is 1. The zero-order chi connectivity index (χ0) is 23.6. The van der Waals surface area contributed by atoms with Crippen molar-refractivity contribution in [2.24, 2.45) is 5.92 Å². The molecule has 4 rings (SSSR count). The van der Waals surface area contributed by atoms with Crippen LogP contribution in [0.3, 0.4) is 0 Å². The topological polar surface area (TPSA) is 54.3 Å². The second-order valence-electron chi connectivity index (χ2n) is 10.1. The Morgan fingerprint density at radius 1 is 1.21 bits per heavy atom. The lowest BCUT2D eigenvalue weighted by Gasteiger charge is -2.45. The van der Waals surface area contributed by atoms with Crippen LogP contribution in [-0.4, -0.2) is 50.9 Å². The molecule has 2 aliphatic rings. The first-order valence-electron chi connectivity index (χ1n) is 12.7.